The number of nitrogens with one attached hydrogen (secondary N) is 1. The molecule has 212 valence electrons. The standard InChI is InChI=1S/C29H32F3N5O3/c1-36-17-34-35-26(36)28(12-21(13-28)40-3)19-5-4-6-20(11-19)37-15-23-22(25(37)38)9-18(10-24(23)29(30,31)32)14-33-27(7-8-27)16-39-2/h4-6,9-11,17,21,33H,7-8,12-16H2,1-3H3/t21-,28-. The van der Waals surface area contributed by atoms with Gasteiger partial charge in [-0.3, -0.25) is 4.79 Å². The van der Waals surface area contributed by atoms with Gasteiger partial charge < -0.3 is 24.3 Å². The second-order valence-electron chi connectivity index (χ2n) is 11.3. The first-order chi connectivity index (χ1) is 19.1. The van der Waals surface area contributed by atoms with Crippen molar-refractivity contribution in [1.29, 1.82) is 0 Å². The van der Waals surface area contributed by atoms with Crippen LogP contribution in [0.15, 0.2) is 42.7 Å². The molecule has 1 N–H and O–H groups in total. The summed E-state index contributed by atoms with van der Waals surface area (Å²) in [6.45, 7) is 0.572. The highest BCUT2D eigenvalue weighted by molar-refractivity contribution is 6.10. The Labute approximate surface area is 230 Å². The van der Waals surface area contributed by atoms with E-state index >= 15 is 0 Å². The van der Waals surface area contributed by atoms with Gasteiger partial charge in [0.05, 0.1) is 30.2 Å². The summed E-state index contributed by atoms with van der Waals surface area (Å²) in [6.07, 6.45) is 0.299. The zero-order valence-corrected chi connectivity index (χ0v) is 22.7. The number of carbonyl (C=O) groups excluding carboxylic acids is 1. The number of nitrogens with zero attached hydrogens (tertiary/aromatic N) is 4. The molecule has 40 heavy (non-hydrogen) atoms. The van der Waals surface area contributed by atoms with Crippen LogP contribution in [0, 0.1) is 0 Å². The highest BCUT2D eigenvalue weighted by Crippen LogP contribution is 2.50. The molecule has 0 bridgehead atoms. The summed E-state index contributed by atoms with van der Waals surface area (Å²) in [5, 5.41) is 11.8. The lowest BCUT2D eigenvalue weighted by atomic mass is 9.62. The number of methoxy groups -OCH3 is 2. The van der Waals surface area contributed by atoms with E-state index in [2.05, 4.69) is 15.5 Å². The molecule has 2 fully saturated rings. The fraction of sp³-hybridized carbons (Fsp3) is 0.483. The van der Waals surface area contributed by atoms with Crippen molar-refractivity contribution in [2.24, 2.45) is 7.05 Å². The van der Waals surface area contributed by atoms with Crippen LogP contribution in [0.4, 0.5) is 18.9 Å². The topological polar surface area (TPSA) is 81.5 Å². The molecule has 0 atom stereocenters. The first kappa shape index (κ1) is 26.9. The number of anilines is 1. The number of amides is 1. The fourth-order valence-corrected chi connectivity index (χ4v) is 6.24. The van der Waals surface area contributed by atoms with Gasteiger partial charge in [0.15, 0.2) is 0 Å². The largest absolute Gasteiger partial charge is 0.416 e. The number of aryl methyl sites for hydroxylation is 1. The zero-order chi connectivity index (χ0) is 28.3. The summed E-state index contributed by atoms with van der Waals surface area (Å²) in [7, 11) is 5.16. The summed E-state index contributed by atoms with van der Waals surface area (Å²) in [6, 6.07) is 10.2. The lowest BCUT2D eigenvalue weighted by Gasteiger charge is -2.46. The maximum Gasteiger partial charge on any atom is 0.416 e. The number of carbonyl (C=O) groups is 1. The van der Waals surface area contributed by atoms with Crippen molar-refractivity contribution in [2.75, 3.05) is 25.7 Å². The van der Waals surface area contributed by atoms with E-state index in [1.165, 1.54) is 11.0 Å². The van der Waals surface area contributed by atoms with Crippen LogP contribution in [0.5, 0.6) is 0 Å². The summed E-state index contributed by atoms with van der Waals surface area (Å²) in [5.41, 5.74) is 0.578. The van der Waals surface area contributed by atoms with Gasteiger partial charge in [-0.25, -0.2) is 0 Å². The molecule has 0 saturated heterocycles. The van der Waals surface area contributed by atoms with E-state index in [9.17, 15) is 18.0 Å². The van der Waals surface area contributed by atoms with Crippen LogP contribution >= 0.6 is 0 Å². The van der Waals surface area contributed by atoms with Gasteiger partial charge in [0, 0.05) is 44.6 Å². The van der Waals surface area contributed by atoms with Gasteiger partial charge >= 0.3 is 6.18 Å². The highest BCUT2D eigenvalue weighted by atomic mass is 19.4. The van der Waals surface area contributed by atoms with E-state index in [-0.39, 0.29) is 35.9 Å². The van der Waals surface area contributed by atoms with Crippen LogP contribution < -0.4 is 10.2 Å². The number of benzene rings is 2. The van der Waals surface area contributed by atoms with Gasteiger partial charge in [0.2, 0.25) is 0 Å². The Bertz CT molecular complexity index is 1440. The van der Waals surface area contributed by atoms with Crippen LogP contribution in [-0.4, -0.2) is 53.1 Å². The molecule has 2 heterocycles. The average Bonchev–Trinajstić information content (AvgIpc) is 3.41. The van der Waals surface area contributed by atoms with Crippen molar-refractivity contribution in [3.8, 4) is 0 Å². The number of alkyl halides is 3. The predicted molar refractivity (Wildman–Crippen MR) is 141 cm³/mol. The number of fused-ring (bicyclic) bond motifs is 1. The Morgan fingerprint density at radius 1 is 1.15 bits per heavy atom. The molecule has 0 unspecified atom stereocenters. The summed E-state index contributed by atoms with van der Waals surface area (Å²) in [5.74, 6) is 0.348. The van der Waals surface area contributed by atoms with E-state index < -0.39 is 23.1 Å². The van der Waals surface area contributed by atoms with Crippen LogP contribution in [0.1, 0.15) is 64.1 Å². The Kier molecular flexibility index (Phi) is 6.51. The van der Waals surface area contributed by atoms with Crippen molar-refractivity contribution in [1.82, 2.24) is 20.1 Å². The molecule has 2 aromatic carbocycles. The fourth-order valence-electron chi connectivity index (χ4n) is 6.24. The molecular formula is C29H32F3N5O3. The molecule has 11 heteroatoms. The number of ether oxygens (including phenoxy) is 2. The normalized spacial score (nSPS) is 23.3. The first-order valence-corrected chi connectivity index (χ1v) is 13.4. The SMILES string of the molecule is COCC1(NCc2cc3c(c(C(F)(F)F)c2)CN(c2cccc([C@]4(c5nncn5C)C[C@H](OC)C4)c2)C3=O)CC1. The molecule has 0 radical (unpaired) electrons. The molecule has 1 amide bonds. The van der Waals surface area contributed by atoms with Gasteiger partial charge in [-0.2, -0.15) is 13.2 Å². The molecule has 1 aromatic heterocycles. The lowest BCUT2D eigenvalue weighted by Crippen LogP contribution is -2.48. The van der Waals surface area contributed by atoms with Gasteiger partial charge in [-0.1, -0.05) is 12.1 Å². The summed E-state index contributed by atoms with van der Waals surface area (Å²) < 4.78 is 55.4. The molecule has 0 spiro atoms. The minimum Gasteiger partial charge on any atom is -0.383 e. The minimum absolute atomic E-state index is 0.00999. The Morgan fingerprint density at radius 2 is 1.93 bits per heavy atom. The third kappa shape index (κ3) is 4.49. The second-order valence-corrected chi connectivity index (χ2v) is 11.3. The highest BCUT2D eigenvalue weighted by Gasteiger charge is 2.51. The van der Waals surface area contributed by atoms with Crippen molar-refractivity contribution in [3.63, 3.8) is 0 Å². The molecular weight excluding hydrogens is 523 g/mol. The predicted octanol–water partition coefficient (Wildman–Crippen LogP) is 4.36. The van der Waals surface area contributed by atoms with Crippen LogP contribution in [0.3, 0.4) is 0 Å². The van der Waals surface area contributed by atoms with Crippen LogP contribution in [0.25, 0.3) is 0 Å². The van der Waals surface area contributed by atoms with Gasteiger partial charge in [0.25, 0.3) is 5.91 Å². The molecule has 3 aromatic rings. The maximum atomic E-state index is 14.2. The summed E-state index contributed by atoms with van der Waals surface area (Å²) >= 11 is 0. The molecule has 1 aliphatic heterocycles. The lowest BCUT2D eigenvalue weighted by molar-refractivity contribution is -0.138. The Hall–Kier alpha value is -3.28. The van der Waals surface area contributed by atoms with Gasteiger partial charge in [0.1, 0.15) is 12.2 Å². The molecule has 2 aliphatic carbocycles. The molecule has 3 aliphatic rings. The van der Waals surface area contributed by atoms with E-state index in [0.29, 0.717) is 30.7 Å². The third-order valence-electron chi connectivity index (χ3n) is 8.68. The second kappa shape index (κ2) is 9.67. The Balaban J connectivity index is 1.33. The van der Waals surface area contributed by atoms with Crippen molar-refractivity contribution in [2.45, 2.75) is 62.0 Å². The van der Waals surface area contributed by atoms with Gasteiger partial charge in [-0.15, -0.1) is 10.2 Å². The van der Waals surface area contributed by atoms with E-state index in [1.54, 1.807) is 32.7 Å². The van der Waals surface area contributed by atoms with E-state index in [1.807, 2.05) is 29.8 Å². The van der Waals surface area contributed by atoms with E-state index in [4.69, 9.17) is 9.47 Å². The van der Waals surface area contributed by atoms with Crippen molar-refractivity contribution < 1.29 is 27.4 Å². The number of hydrogen-bond acceptors (Lipinski definition) is 6. The van der Waals surface area contributed by atoms with E-state index in [0.717, 1.165) is 24.2 Å². The van der Waals surface area contributed by atoms with Crippen molar-refractivity contribution in [3.05, 3.63) is 76.4 Å². The smallest absolute Gasteiger partial charge is 0.383 e. The van der Waals surface area contributed by atoms with Gasteiger partial charge in [-0.05, 0) is 66.6 Å². The molecule has 2 saturated carbocycles. The maximum absolute atomic E-state index is 14.2. The first-order valence-electron chi connectivity index (χ1n) is 13.4. The van der Waals surface area contributed by atoms with Crippen LogP contribution in [0.2, 0.25) is 0 Å². The average molecular weight is 556 g/mol. The third-order valence-corrected chi connectivity index (χ3v) is 8.68. The molecule has 8 nitrogen and oxygen atoms in total. The van der Waals surface area contributed by atoms with Crippen LogP contribution in [-0.2, 0) is 41.2 Å². The number of hydrogen-bond donors (Lipinski definition) is 1. The number of aromatic nitrogens is 3. The molecule has 6 rings (SSSR count). The number of halogens is 3. The van der Waals surface area contributed by atoms with Crippen molar-refractivity contribution >= 4 is 11.6 Å². The zero-order valence-electron chi connectivity index (χ0n) is 22.7. The minimum atomic E-state index is -4.58. The monoisotopic (exact) mass is 555 g/mol. The number of rotatable bonds is 9. The summed E-state index contributed by atoms with van der Waals surface area (Å²) in [4.78, 5) is 15.1. The Morgan fingerprint density at radius 3 is 2.55 bits per heavy atom. The quantitative estimate of drug-likeness (QED) is 0.423.